The van der Waals surface area contributed by atoms with Crippen LogP contribution in [-0.4, -0.2) is 11.1 Å². The Balaban J connectivity index is 2.18. The van der Waals surface area contributed by atoms with Gasteiger partial charge in [0.1, 0.15) is 11.6 Å². The summed E-state index contributed by atoms with van der Waals surface area (Å²) in [7, 11) is 0. The second kappa shape index (κ2) is 5.92. The predicted octanol–water partition coefficient (Wildman–Crippen LogP) is 3.54. The van der Waals surface area contributed by atoms with E-state index in [1.54, 1.807) is 0 Å². The summed E-state index contributed by atoms with van der Waals surface area (Å²) < 4.78 is 26.5. The van der Waals surface area contributed by atoms with Crippen LogP contribution in [0.3, 0.4) is 0 Å². The summed E-state index contributed by atoms with van der Waals surface area (Å²) in [6, 6.07) is 7.57. The van der Waals surface area contributed by atoms with Crippen molar-refractivity contribution in [3.8, 4) is 0 Å². The molecule has 3 nitrogen and oxygen atoms in total. The lowest BCUT2D eigenvalue weighted by Crippen LogP contribution is -1.99. The van der Waals surface area contributed by atoms with Crippen molar-refractivity contribution in [2.45, 2.75) is 10.6 Å². The number of carboxylic acids is 1. The quantitative estimate of drug-likeness (QED) is 0.669. The van der Waals surface area contributed by atoms with Gasteiger partial charge < -0.3 is 10.8 Å². The van der Waals surface area contributed by atoms with Crippen molar-refractivity contribution < 1.29 is 18.7 Å². The maximum atomic E-state index is 13.6. The van der Waals surface area contributed by atoms with Crippen LogP contribution in [-0.2, 0) is 5.75 Å². The highest BCUT2D eigenvalue weighted by atomic mass is 32.2. The molecule has 0 aromatic heterocycles. The number of hydrogen-bond acceptors (Lipinski definition) is 3. The van der Waals surface area contributed by atoms with E-state index in [-0.39, 0.29) is 22.6 Å². The summed E-state index contributed by atoms with van der Waals surface area (Å²) in [5.41, 5.74) is 6.21. The first kappa shape index (κ1) is 14.3. The van der Waals surface area contributed by atoms with Crippen molar-refractivity contribution in [2.24, 2.45) is 0 Å². The number of hydrogen-bond donors (Lipinski definition) is 2. The Bertz CT molecular complexity index is 662. The molecule has 2 aromatic rings. The van der Waals surface area contributed by atoms with Crippen molar-refractivity contribution >= 4 is 23.4 Å². The molecule has 0 saturated heterocycles. The van der Waals surface area contributed by atoms with E-state index in [0.29, 0.717) is 4.90 Å². The molecule has 104 valence electrons. The monoisotopic (exact) mass is 295 g/mol. The Morgan fingerprint density at radius 2 is 1.95 bits per heavy atom. The highest BCUT2D eigenvalue weighted by Crippen LogP contribution is 2.29. The molecule has 2 aromatic carbocycles. The average Bonchev–Trinajstić information content (AvgIpc) is 2.39. The van der Waals surface area contributed by atoms with Crippen LogP contribution in [0.25, 0.3) is 0 Å². The van der Waals surface area contributed by atoms with E-state index in [0.717, 1.165) is 6.07 Å². The van der Waals surface area contributed by atoms with Gasteiger partial charge in [0, 0.05) is 16.3 Å². The van der Waals surface area contributed by atoms with Gasteiger partial charge >= 0.3 is 5.97 Å². The number of nitrogen functional groups attached to an aromatic ring is 1. The first-order valence-electron chi connectivity index (χ1n) is 5.67. The fourth-order valence-electron chi connectivity index (χ4n) is 1.62. The number of halogens is 2. The Morgan fingerprint density at radius 3 is 2.60 bits per heavy atom. The SMILES string of the molecule is Nc1cc(F)ccc1SCc1cc(C(=O)O)ccc1F. The summed E-state index contributed by atoms with van der Waals surface area (Å²) in [5.74, 6) is -1.82. The van der Waals surface area contributed by atoms with E-state index in [1.807, 2.05) is 0 Å². The van der Waals surface area contributed by atoms with Gasteiger partial charge in [-0.3, -0.25) is 0 Å². The zero-order valence-electron chi connectivity index (χ0n) is 10.3. The molecular formula is C14H11F2NO2S. The minimum absolute atomic E-state index is 0.0223. The molecule has 2 rings (SSSR count). The minimum atomic E-state index is -1.11. The zero-order valence-corrected chi connectivity index (χ0v) is 11.1. The van der Waals surface area contributed by atoms with Crippen LogP contribution in [0.4, 0.5) is 14.5 Å². The minimum Gasteiger partial charge on any atom is -0.478 e. The molecule has 0 saturated carbocycles. The van der Waals surface area contributed by atoms with E-state index >= 15 is 0 Å². The van der Waals surface area contributed by atoms with Crippen LogP contribution in [0.5, 0.6) is 0 Å². The van der Waals surface area contributed by atoms with Gasteiger partial charge in [-0.2, -0.15) is 0 Å². The number of carbonyl (C=O) groups is 1. The van der Waals surface area contributed by atoms with Gasteiger partial charge in [-0.15, -0.1) is 11.8 Å². The summed E-state index contributed by atoms with van der Waals surface area (Å²) in [4.78, 5) is 11.5. The summed E-state index contributed by atoms with van der Waals surface area (Å²) in [5, 5.41) is 8.87. The molecular weight excluding hydrogens is 284 g/mol. The average molecular weight is 295 g/mol. The van der Waals surface area contributed by atoms with E-state index < -0.39 is 17.6 Å². The molecule has 0 amide bonds. The third-order valence-electron chi connectivity index (χ3n) is 2.65. The van der Waals surface area contributed by atoms with Gasteiger partial charge in [-0.05, 0) is 42.0 Å². The van der Waals surface area contributed by atoms with Crippen molar-refractivity contribution in [1.82, 2.24) is 0 Å². The fourth-order valence-corrected chi connectivity index (χ4v) is 2.55. The molecule has 6 heteroatoms. The highest BCUT2D eigenvalue weighted by Gasteiger charge is 2.10. The lowest BCUT2D eigenvalue weighted by atomic mass is 10.1. The first-order chi connectivity index (χ1) is 9.47. The van der Waals surface area contributed by atoms with Gasteiger partial charge in [-0.25, -0.2) is 13.6 Å². The normalized spacial score (nSPS) is 10.5. The molecule has 0 atom stereocenters. The molecule has 0 radical (unpaired) electrons. The Labute approximate surface area is 118 Å². The number of thioether (sulfide) groups is 1. The summed E-state index contributed by atoms with van der Waals surface area (Å²) in [6.45, 7) is 0. The Kier molecular flexibility index (Phi) is 4.24. The molecule has 0 unspecified atom stereocenters. The van der Waals surface area contributed by atoms with Gasteiger partial charge in [0.05, 0.1) is 5.56 Å². The lowest BCUT2D eigenvalue weighted by Gasteiger charge is -2.07. The molecule has 0 spiro atoms. The highest BCUT2D eigenvalue weighted by molar-refractivity contribution is 7.98. The predicted molar refractivity (Wildman–Crippen MR) is 73.7 cm³/mol. The van der Waals surface area contributed by atoms with Gasteiger partial charge in [0.15, 0.2) is 0 Å². The standard InChI is InChI=1S/C14H11F2NO2S/c15-10-2-4-13(12(17)6-10)20-7-9-5-8(14(18)19)1-3-11(9)16/h1-6H,7,17H2,(H,18,19). The molecule has 0 bridgehead atoms. The van der Waals surface area contributed by atoms with Crippen LogP contribution >= 0.6 is 11.8 Å². The van der Waals surface area contributed by atoms with E-state index in [1.165, 1.54) is 42.1 Å². The number of carboxylic acid groups (broad SMARTS) is 1. The molecule has 0 aliphatic carbocycles. The summed E-state index contributed by atoms with van der Waals surface area (Å²) >= 11 is 1.22. The van der Waals surface area contributed by atoms with Crippen LogP contribution in [0.2, 0.25) is 0 Å². The second-order valence-electron chi connectivity index (χ2n) is 4.08. The van der Waals surface area contributed by atoms with Crippen molar-refractivity contribution in [2.75, 3.05) is 5.73 Å². The van der Waals surface area contributed by atoms with Crippen LogP contribution in [0.1, 0.15) is 15.9 Å². The maximum Gasteiger partial charge on any atom is 0.335 e. The number of aromatic carboxylic acids is 1. The molecule has 0 fully saturated rings. The fraction of sp³-hybridized carbons (Fsp3) is 0.0714. The van der Waals surface area contributed by atoms with Crippen molar-refractivity contribution in [3.63, 3.8) is 0 Å². The van der Waals surface area contributed by atoms with Crippen LogP contribution in [0, 0.1) is 11.6 Å². The molecule has 0 aliphatic rings. The number of anilines is 1. The van der Waals surface area contributed by atoms with Crippen LogP contribution in [0.15, 0.2) is 41.3 Å². The zero-order chi connectivity index (χ0) is 14.7. The molecule has 3 N–H and O–H groups in total. The third kappa shape index (κ3) is 3.27. The largest absolute Gasteiger partial charge is 0.478 e. The van der Waals surface area contributed by atoms with Gasteiger partial charge in [0.2, 0.25) is 0 Å². The Hall–Kier alpha value is -2.08. The topological polar surface area (TPSA) is 63.3 Å². The van der Waals surface area contributed by atoms with E-state index in [4.69, 9.17) is 10.8 Å². The Morgan fingerprint density at radius 1 is 1.20 bits per heavy atom. The second-order valence-corrected chi connectivity index (χ2v) is 5.10. The van der Waals surface area contributed by atoms with Gasteiger partial charge in [-0.1, -0.05) is 0 Å². The molecule has 20 heavy (non-hydrogen) atoms. The van der Waals surface area contributed by atoms with Crippen LogP contribution < -0.4 is 5.73 Å². The summed E-state index contributed by atoms with van der Waals surface area (Å²) in [6.07, 6.45) is 0. The van der Waals surface area contributed by atoms with Crippen molar-refractivity contribution in [1.29, 1.82) is 0 Å². The smallest absolute Gasteiger partial charge is 0.335 e. The number of rotatable bonds is 4. The lowest BCUT2D eigenvalue weighted by molar-refractivity contribution is 0.0696. The number of benzene rings is 2. The third-order valence-corrected chi connectivity index (χ3v) is 3.79. The first-order valence-corrected chi connectivity index (χ1v) is 6.65. The number of nitrogens with two attached hydrogens (primary N) is 1. The molecule has 0 aliphatic heterocycles. The van der Waals surface area contributed by atoms with E-state index in [9.17, 15) is 13.6 Å². The maximum absolute atomic E-state index is 13.6. The van der Waals surface area contributed by atoms with Gasteiger partial charge in [0.25, 0.3) is 0 Å². The van der Waals surface area contributed by atoms with Crippen molar-refractivity contribution in [3.05, 3.63) is 59.2 Å². The van der Waals surface area contributed by atoms with E-state index in [2.05, 4.69) is 0 Å². The molecule has 0 heterocycles.